The van der Waals surface area contributed by atoms with Gasteiger partial charge in [-0.05, 0) is 31.4 Å². The zero-order valence-electron chi connectivity index (χ0n) is 12.5. The molecule has 0 bridgehead atoms. The molecule has 0 aliphatic carbocycles. The molecule has 2 heterocycles. The zero-order chi connectivity index (χ0) is 16.6. The van der Waals surface area contributed by atoms with Crippen molar-refractivity contribution in [3.8, 4) is 17.1 Å². The normalized spacial score (nSPS) is 16.7. The van der Waals surface area contributed by atoms with E-state index in [0.29, 0.717) is 30.5 Å². The van der Waals surface area contributed by atoms with E-state index in [1.165, 1.54) is 13.2 Å². The molecule has 2 aromatic rings. The van der Waals surface area contributed by atoms with E-state index in [1.54, 1.807) is 22.8 Å². The molecule has 2 N–H and O–H groups in total. The van der Waals surface area contributed by atoms with Gasteiger partial charge in [-0.15, -0.1) is 0 Å². The minimum atomic E-state index is -1.15. The van der Waals surface area contributed by atoms with Crippen molar-refractivity contribution in [2.45, 2.75) is 25.3 Å². The Morgan fingerprint density at radius 3 is 2.74 bits per heavy atom. The van der Waals surface area contributed by atoms with Crippen molar-refractivity contribution < 1.29 is 24.5 Å². The number of aromatic hydroxyl groups is 1. The number of fused-ring (bicyclic) bond motifs is 1. The number of phenolic OH excluding ortho intramolecular Hbond substituents is 1. The third kappa shape index (κ3) is 2.44. The minimum Gasteiger partial charge on any atom is -0.507 e. The number of hydrogen-bond acceptors (Lipinski definition) is 5. The van der Waals surface area contributed by atoms with E-state index in [4.69, 9.17) is 4.74 Å². The van der Waals surface area contributed by atoms with E-state index in [2.05, 4.69) is 4.98 Å². The number of imidazole rings is 1. The van der Waals surface area contributed by atoms with Crippen LogP contribution in [0.25, 0.3) is 11.4 Å². The molecule has 3 rings (SSSR count). The maximum absolute atomic E-state index is 12.1. The molecule has 0 spiro atoms. The van der Waals surface area contributed by atoms with Gasteiger partial charge in [-0.3, -0.25) is 0 Å². The van der Waals surface area contributed by atoms with Gasteiger partial charge in [-0.2, -0.15) is 0 Å². The van der Waals surface area contributed by atoms with Crippen molar-refractivity contribution in [3.05, 3.63) is 35.7 Å². The largest absolute Gasteiger partial charge is 0.507 e. The maximum atomic E-state index is 12.1. The Kier molecular flexibility index (Phi) is 3.77. The van der Waals surface area contributed by atoms with Gasteiger partial charge >= 0.3 is 11.9 Å². The summed E-state index contributed by atoms with van der Waals surface area (Å²) in [6.07, 6.45) is 1.72. The molecule has 0 fully saturated rings. The molecule has 1 aromatic carbocycles. The van der Waals surface area contributed by atoms with Gasteiger partial charge in [0.2, 0.25) is 0 Å². The SMILES string of the molecule is COC(=O)C1CCCc2c(C(=O)O)nc(-c3ccccc3O)n21. The molecule has 0 amide bonds. The van der Waals surface area contributed by atoms with Gasteiger partial charge in [0, 0.05) is 0 Å². The number of carboxylic acid groups (broad SMARTS) is 1. The first-order chi connectivity index (χ1) is 11.0. The predicted octanol–water partition coefficient (Wildman–Crippen LogP) is 2.00. The summed E-state index contributed by atoms with van der Waals surface area (Å²) < 4.78 is 6.43. The van der Waals surface area contributed by atoms with E-state index in [1.807, 2.05) is 0 Å². The zero-order valence-corrected chi connectivity index (χ0v) is 12.5. The van der Waals surface area contributed by atoms with Crippen molar-refractivity contribution in [1.82, 2.24) is 9.55 Å². The number of nitrogens with zero attached hydrogens (tertiary/aromatic N) is 2. The van der Waals surface area contributed by atoms with Gasteiger partial charge in [0.05, 0.1) is 18.4 Å². The highest BCUT2D eigenvalue weighted by atomic mass is 16.5. The van der Waals surface area contributed by atoms with E-state index in [0.717, 1.165) is 0 Å². The molecule has 0 saturated heterocycles. The van der Waals surface area contributed by atoms with Crippen LogP contribution in [0.4, 0.5) is 0 Å². The molecule has 7 nitrogen and oxygen atoms in total. The first kappa shape index (κ1) is 15.1. The molecule has 1 aromatic heterocycles. The predicted molar refractivity (Wildman–Crippen MR) is 80.3 cm³/mol. The Morgan fingerprint density at radius 2 is 2.09 bits per heavy atom. The standard InChI is InChI=1S/C16H16N2O5/c1-23-16(22)11-7-4-6-10-13(15(20)21)17-14(18(10)11)9-5-2-3-8-12(9)19/h2-3,5,8,11,19H,4,6-7H2,1H3,(H,20,21). The molecule has 120 valence electrons. The Labute approximate surface area is 132 Å². The molecule has 7 heteroatoms. The lowest BCUT2D eigenvalue weighted by Crippen LogP contribution is -2.27. The number of esters is 1. The number of carboxylic acids is 1. The fraction of sp³-hybridized carbons (Fsp3) is 0.312. The lowest BCUT2D eigenvalue weighted by atomic mass is 10.0. The number of methoxy groups -OCH3 is 1. The Balaban J connectivity index is 2.26. The lowest BCUT2D eigenvalue weighted by molar-refractivity contribution is -0.145. The maximum Gasteiger partial charge on any atom is 0.356 e. The number of aromatic nitrogens is 2. The summed E-state index contributed by atoms with van der Waals surface area (Å²) in [5.41, 5.74) is 0.784. The summed E-state index contributed by atoms with van der Waals surface area (Å²) in [5, 5.41) is 19.5. The third-order valence-electron chi connectivity index (χ3n) is 4.03. The van der Waals surface area contributed by atoms with Gasteiger partial charge in [0.15, 0.2) is 5.69 Å². The van der Waals surface area contributed by atoms with Crippen LogP contribution >= 0.6 is 0 Å². The fourth-order valence-corrected chi connectivity index (χ4v) is 3.02. The van der Waals surface area contributed by atoms with Gasteiger partial charge < -0.3 is 19.5 Å². The topological polar surface area (TPSA) is 102 Å². The number of carbonyl (C=O) groups is 2. The van der Waals surface area contributed by atoms with Crippen LogP contribution < -0.4 is 0 Å². The number of phenols is 1. The summed E-state index contributed by atoms with van der Waals surface area (Å²) in [7, 11) is 1.30. The van der Waals surface area contributed by atoms with Crippen molar-refractivity contribution >= 4 is 11.9 Å². The Morgan fingerprint density at radius 1 is 1.35 bits per heavy atom. The number of ether oxygens (including phenoxy) is 1. The second kappa shape index (κ2) is 5.75. The van der Waals surface area contributed by atoms with Crippen molar-refractivity contribution in [3.63, 3.8) is 0 Å². The highest BCUT2D eigenvalue weighted by molar-refractivity contribution is 5.89. The number of carbonyl (C=O) groups excluding carboxylic acids is 1. The van der Waals surface area contributed by atoms with Crippen molar-refractivity contribution in [1.29, 1.82) is 0 Å². The van der Waals surface area contributed by atoms with E-state index in [9.17, 15) is 19.8 Å². The number of benzene rings is 1. The molecule has 1 aliphatic rings. The molecule has 1 atom stereocenters. The summed E-state index contributed by atoms with van der Waals surface area (Å²) >= 11 is 0. The minimum absolute atomic E-state index is 0.0218. The van der Waals surface area contributed by atoms with E-state index >= 15 is 0 Å². The van der Waals surface area contributed by atoms with E-state index < -0.39 is 18.0 Å². The number of rotatable bonds is 3. The van der Waals surface area contributed by atoms with Gasteiger partial charge in [-0.25, -0.2) is 14.6 Å². The highest BCUT2D eigenvalue weighted by Gasteiger charge is 2.34. The molecule has 23 heavy (non-hydrogen) atoms. The second-order valence-corrected chi connectivity index (χ2v) is 5.35. The molecule has 1 aliphatic heterocycles. The summed E-state index contributed by atoms with van der Waals surface area (Å²) in [6, 6.07) is 5.87. The van der Waals surface area contributed by atoms with Crippen LogP contribution in [0.15, 0.2) is 24.3 Å². The molecule has 0 saturated carbocycles. The van der Waals surface area contributed by atoms with Gasteiger partial charge in [0.1, 0.15) is 17.6 Å². The van der Waals surface area contributed by atoms with Crippen LogP contribution in [0.2, 0.25) is 0 Å². The molecular weight excluding hydrogens is 300 g/mol. The van der Waals surface area contributed by atoms with Gasteiger partial charge in [0.25, 0.3) is 0 Å². The first-order valence-electron chi connectivity index (χ1n) is 7.25. The van der Waals surface area contributed by atoms with Crippen LogP contribution in [0.1, 0.15) is 35.1 Å². The number of aromatic carboxylic acids is 1. The summed E-state index contributed by atoms with van der Waals surface area (Å²) in [6.45, 7) is 0. The van der Waals surface area contributed by atoms with Crippen LogP contribution in [-0.4, -0.2) is 38.8 Å². The highest BCUT2D eigenvalue weighted by Crippen LogP contribution is 2.37. The van der Waals surface area contributed by atoms with E-state index in [-0.39, 0.29) is 17.3 Å². The smallest absolute Gasteiger partial charge is 0.356 e. The summed E-state index contributed by atoms with van der Waals surface area (Å²) in [4.78, 5) is 27.8. The average Bonchev–Trinajstić information content (AvgIpc) is 2.94. The Hall–Kier alpha value is -2.83. The lowest BCUT2D eigenvalue weighted by Gasteiger charge is -2.25. The first-order valence-corrected chi connectivity index (χ1v) is 7.25. The molecule has 0 radical (unpaired) electrons. The van der Waals surface area contributed by atoms with Crippen molar-refractivity contribution in [2.75, 3.05) is 7.11 Å². The Bertz CT molecular complexity index is 781. The number of para-hydroxylation sites is 1. The van der Waals surface area contributed by atoms with Crippen LogP contribution in [0, 0.1) is 0 Å². The average molecular weight is 316 g/mol. The van der Waals surface area contributed by atoms with Gasteiger partial charge in [-0.1, -0.05) is 12.1 Å². The number of hydrogen-bond donors (Lipinski definition) is 2. The van der Waals surface area contributed by atoms with Crippen molar-refractivity contribution in [2.24, 2.45) is 0 Å². The fourth-order valence-electron chi connectivity index (χ4n) is 3.02. The molecular formula is C16H16N2O5. The monoisotopic (exact) mass is 316 g/mol. The van der Waals surface area contributed by atoms with Crippen LogP contribution in [-0.2, 0) is 16.0 Å². The summed E-state index contributed by atoms with van der Waals surface area (Å²) in [5.74, 6) is -1.35. The van der Waals surface area contributed by atoms with Crippen LogP contribution in [0.3, 0.4) is 0 Å². The molecule has 1 unspecified atom stereocenters. The quantitative estimate of drug-likeness (QED) is 0.840. The second-order valence-electron chi connectivity index (χ2n) is 5.35. The third-order valence-corrected chi connectivity index (χ3v) is 4.03. The van der Waals surface area contributed by atoms with Crippen LogP contribution in [0.5, 0.6) is 5.75 Å².